The average molecular weight is 221 g/mol. The minimum atomic E-state index is -1.18. The number of nitrogens with one attached hydrogen (secondary N) is 1. The standard InChI is InChI=1S/C8H15NO6/c1-5(10)14-7(12)3-9-4-8(13)15-6(2)11/h5-6,9-11H,3-4H2,1-2H3. The maximum Gasteiger partial charge on any atom is 0.322 e. The Morgan fingerprint density at radius 1 is 1.07 bits per heavy atom. The molecule has 7 nitrogen and oxygen atoms in total. The highest BCUT2D eigenvalue weighted by Gasteiger charge is 2.09. The third-order valence-electron chi connectivity index (χ3n) is 1.14. The predicted molar refractivity (Wildman–Crippen MR) is 48.4 cm³/mol. The van der Waals surface area contributed by atoms with E-state index in [1.54, 1.807) is 0 Å². The van der Waals surface area contributed by atoms with Gasteiger partial charge in [-0.15, -0.1) is 0 Å². The molecule has 2 unspecified atom stereocenters. The highest BCUT2D eigenvalue weighted by atomic mass is 16.6. The molecule has 3 N–H and O–H groups in total. The molecule has 0 aliphatic carbocycles. The maximum atomic E-state index is 10.8. The van der Waals surface area contributed by atoms with Crippen molar-refractivity contribution in [2.24, 2.45) is 0 Å². The van der Waals surface area contributed by atoms with E-state index in [0.717, 1.165) is 0 Å². The van der Waals surface area contributed by atoms with Crippen LogP contribution in [0, 0.1) is 0 Å². The van der Waals surface area contributed by atoms with E-state index in [9.17, 15) is 9.59 Å². The Kier molecular flexibility index (Phi) is 6.59. The first kappa shape index (κ1) is 13.8. The summed E-state index contributed by atoms with van der Waals surface area (Å²) in [7, 11) is 0. The van der Waals surface area contributed by atoms with Crippen LogP contribution in [0.15, 0.2) is 0 Å². The van der Waals surface area contributed by atoms with E-state index in [-0.39, 0.29) is 13.1 Å². The van der Waals surface area contributed by atoms with Crippen LogP contribution in [0.4, 0.5) is 0 Å². The van der Waals surface area contributed by atoms with Crippen molar-refractivity contribution in [1.82, 2.24) is 5.32 Å². The number of carbonyl (C=O) groups is 2. The van der Waals surface area contributed by atoms with E-state index in [0.29, 0.717) is 0 Å². The molecule has 88 valence electrons. The molecule has 7 heteroatoms. The van der Waals surface area contributed by atoms with Gasteiger partial charge in [0.2, 0.25) is 0 Å². The van der Waals surface area contributed by atoms with Crippen molar-refractivity contribution >= 4 is 11.9 Å². The minimum absolute atomic E-state index is 0.222. The molecule has 0 rings (SSSR count). The van der Waals surface area contributed by atoms with Crippen LogP contribution in [0.3, 0.4) is 0 Å². The van der Waals surface area contributed by atoms with Crippen molar-refractivity contribution in [1.29, 1.82) is 0 Å². The van der Waals surface area contributed by atoms with Crippen molar-refractivity contribution in [3.63, 3.8) is 0 Å². The summed E-state index contributed by atoms with van der Waals surface area (Å²) in [5, 5.41) is 19.7. The first-order chi connectivity index (χ1) is 6.91. The second-order valence-corrected chi connectivity index (χ2v) is 2.78. The smallest absolute Gasteiger partial charge is 0.322 e. The number of hydrogen-bond donors (Lipinski definition) is 3. The highest BCUT2D eigenvalue weighted by Crippen LogP contribution is 1.86. The lowest BCUT2D eigenvalue weighted by Gasteiger charge is -2.09. The molecule has 15 heavy (non-hydrogen) atoms. The van der Waals surface area contributed by atoms with Gasteiger partial charge in [0.05, 0.1) is 13.1 Å². The number of esters is 2. The lowest BCUT2D eigenvalue weighted by Crippen LogP contribution is -2.33. The topological polar surface area (TPSA) is 105 Å². The number of hydrogen-bond acceptors (Lipinski definition) is 7. The fraction of sp³-hybridized carbons (Fsp3) is 0.750. The van der Waals surface area contributed by atoms with Gasteiger partial charge in [0.15, 0.2) is 12.6 Å². The highest BCUT2D eigenvalue weighted by molar-refractivity contribution is 5.75. The van der Waals surface area contributed by atoms with Gasteiger partial charge in [0, 0.05) is 0 Å². The van der Waals surface area contributed by atoms with Gasteiger partial charge in [-0.1, -0.05) is 0 Å². The minimum Gasteiger partial charge on any atom is -0.435 e. The van der Waals surface area contributed by atoms with E-state index in [2.05, 4.69) is 14.8 Å². The molecule has 0 aromatic rings. The summed E-state index contributed by atoms with van der Waals surface area (Å²) in [5.41, 5.74) is 0. The van der Waals surface area contributed by atoms with Crippen LogP contribution in [0.5, 0.6) is 0 Å². The van der Waals surface area contributed by atoms with Gasteiger partial charge in [-0.25, -0.2) is 0 Å². The summed E-state index contributed by atoms with van der Waals surface area (Å²) in [4.78, 5) is 21.6. The Morgan fingerprint density at radius 3 is 1.67 bits per heavy atom. The molecule has 0 saturated carbocycles. The molecule has 0 aromatic heterocycles. The number of ether oxygens (including phenoxy) is 2. The zero-order valence-electron chi connectivity index (χ0n) is 8.60. The molecule has 0 aliphatic heterocycles. The SMILES string of the molecule is CC(O)OC(=O)CNCC(=O)OC(C)O. The largest absolute Gasteiger partial charge is 0.435 e. The van der Waals surface area contributed by atoms with E-state index < -0.39 is 24.5 Å². The molecule has 0 fully saturated rings. The van der Waals surface area contributed by atoms with Gasteiger partial charge in [-0.2, -0.15) is 0 Å². The molecule has 0 saturated heterocycles. The Bertz CT molecular complexity index is 193. The van der Waals surface area contributed by atoms with Crippen LogP contribution < -0.4 is 5.32 Å². The zero-order chi connectivity index (χ0) is 11.8. The van der Waals surface area contributed by atoms with Gasteiger partial charge in [-0.3, -0.25) is 14.9 Å². The van der Waals surface area contributed by atoms with Gasteiger partial charge < -0.3 is 19.7 Å². The molecule has 0 amide bonds. The molecular weight excluding hydrogens is 206 g/mol. The molecule has 0 bridgehead atoms. The van der Waals surface area contributed by atoms with Gasteiger partial charge in [0.1, 0.15) is 0 Å². The van der Waals surface area contributed by atoms with Gasteiger partial charge in [-0.05, 0) is 13.8 Å². The van der Waals surface area contributed by atoms with Gasteiger partial charge >= 0.3 is 11.9 Å². The molecule has 2 atom stereocenters. The second kappa shape index (κ2) is 7.16. The molecule has 0 spiro atoms. The Morgan fingerprint density at radius 2 is 1.40 bits per heavy atom. The Hall–Kier alpha value is -1.18. The first-order valence-electron chi connectivity index (χ1n) is 4.37. The predicted octanol–water partition coefficient (Wildman–Crippen LogP) is -1.66. The van der Waals surface area contributed by atoms with Crippen LogP contribution in [-0.2, 0) is 19.1 Å². The quantitative estimate of drug-likeness (QED) is 0.364. The fourth-order valence-corrected chi connectivity index (χ4v) is 0.730. The van der Waals surface area contributed by atoms with Crippen molar-refractivity contribution in [2.75, 3.05) is 13.1 Å². The maximum absolute atomic E-state index is 10.8. The summed E-state index contributed by atoms with van der Waals surface area (Å²) in [6.45, 7) is 2.14. The first-order valence-corrected chi connectivity index (χ1v) is 4.37. The zero-order valence-corrected chi connectivity index (χ0v) is 8.60. The summed E-state index contributed by atoms with van der Waals surface area (Å²) < 4.78 is 8.73. The van der Waals surface area contributed by atoms with Crippen molar-refractivity contribution in [3.8, 4) is 0 Å². The van der Waals surface area contributed by atoms with Crippen LogP contribution in [0.1, 0.15) is 13.8 Å². The molecule has 0 aliphatic rings. The van der Waals surface area contributed by atoms with E-state index in [1.165, 1.54) is 13.8 Å². The van der Waals surface area contributed by atoms with E-state index in [4.69, 9.17) is 10.2 Å². The molecule has 0 radical (unpaired) electrons. The van der Waals surface area contributed by atoms with E-state index >= 15 is 0 Å². The molecule has 0 aromatic carbocycles. The fourth-order valence-electron chi connectivity index (χ4n) is 0.730. The summed E-state index contributed by atoms with van der Waals surface area (Å²) in [6, 6.07) is 0. The summed E-state index contributed by atoms with van der Waals surface area (Å²) in [6.07, 6.45) is -2.35. The Labute approximate surface area is 87.0 Å². The lowest BCUT2D eigenvalue weighted by molar-refractivity contribution is -0.164. The lowest BCUT2D eigenvalue weighted by atomic mass is 10.5. The average Bonchev–Trinajstić information content (AvgIpc) is 2.00. The molecular formula is C8H15NO6. The van der Waals surface area contributed by atoms with Crippen molar-refractivity contribution in [2.45, 2.75) is 26.4 Å². The number of aliphatic hydroxyl groups excluding tert-OH is 2. The normalized spacial score (nSPS) is 14.1. The van der Waals surface area contributed by atoms with Gasteiger partial charge in [0.25, 0.3) is 0 Å². The number of aliphatic hydroxyl groups is 2. The third-order valence-corrected chi connectivity index (χ3v) is 1.14. The number of carbonyl (C=O) groups excluding carboxylic acids is 2. The summed E-state index contributed by atoms with van der Waals surface area (Å²) in [5.74, 6) is -1.37. The van der Waals surface area contributed by atoms with Crippen LogP contribution in [0.25, 0.3) is 0 Å². The third kappa shape index (κ3) is 9.13. The van der Waals surface area contributed by atoms with Crippen LogP contribution in [-0.4, -0.2) is 47.8 Å². The summed E-state index contributed by atoms with van der Waals surface area (Å²) >= 11 is 0. The van der Waals surface area contributed by atoms with E-state index in [1.807, 2.05) is 0 Å². The monoisotopic (exact) mass is 221 g/mol. The second-order valence-electron chi connectivity index (χ2n) is 2.78. The Balaban J connectivity index is 3.53. The van der Waals surface area contributed by atoms with Crippen molar-refractivity contribution < 1.29 is 29.3 Å². The van der Waals surface area contributed by atoms with Crippen molar-refractivity contribution in [3.05, 3.63) is 0 Å². The van der Waals surface area contributed by atoms with Crippen LogP contribution in [0.2, 0.25) is 0 Å². The van der Waals surface area contributed by atoms with Crippen LogP contribution >= 0.6 is 0 Å². The molecule has 0 heterocycles. The number of rotatable bonds is 6.